The average Bonchev–Trinajstić information content (AvgIpc) is 2.85. The molecule has 1 aromatic carbocycles. The highest BCUT2D eigenvalue weighted by Crippen LogP contribution is 2.36. The Balaban J connectivity index is 1.72. The highest BCUT2D eigenvalue weighted by atomic mass is 19.4. The Morgan fingerprint density at radius 2 is 1.87 bits per heavy atom. The van der Waals surface area contributed by atoms with Crippen LogP contribution in [0.2, 0.25) is 0 Å². The van der Waals surface area contributed by atoms with Gasteiger partial charge in [-0.25, -0.2) is 4.98 Å². The number of amides is 2. The maximum atomic E-state index is 13.8. The first kappa shape index (κ1) is 30.2. The Morgan fingerprint density at radius 1 is 1.13 bits per heavy atom. The van der Waals surface area contributed by atoms with Crippen LogP contribution in [0.25, 0.3) is 0 Å². The fourth-order valence-corrected chi connectivity index (χ4v) is 3.78. The summed E-state index contributed by atoms with van der Waals surface area (Å²) in [6.45, 7) is 1.51. The molecule has 0 spiro atoms. The number of alkyl halides is 6. The van der Waals surface area contributed by atoms with Crippen molar-refractivity contribution in [2.45, 2.75) is 51.4 Å². The fourth-order valence-electron chi connectivity index (χ4n) is 3.78. The van der Waals surface area contributed by atoms with E-state index in [-0.39, 0.29) is 49.4 Å². The summed E-state index contributed by atoms with van der Waals surface area (Å²) in [5, 5.41) is 8.20. The van der Waals surface area contributed by atoms with Crippen LogP contribution in [0.4, 0.5) is 26.3 Å². The van der Waals surface area contributed by atoms with Gasteiger partial charge in [0.25, 0.3) is 0 Å². The SMILES string of the molecule is CC(C)C(=O)NCc1ccc(C(F)(F)F)c(C2NC(=O)CC(c3ccc(OCCOCC(F)(F)F)nc3)N2)c1. The predicted octanol–water partition coefficient (Wildman–Crippen LogP) is 4.18. The molecule has 39 heavy (non-hydrogen) atoms. The van der Waals surface area contributed by atoms with E-state index in [4.69, 9.17) is 4.74 Å². The van der Waals surface area contributed by atoms with Crippen molar-refractivity contribution in [2.24, 2.45) is 5.92 Å². The molecule has 2 aromatic rings. The van der Waals surface area contributed by atoms with Crippen LogP contribution in [0.3, 0.4) is 0 Å². The lowest BCUT2D eigenvalue weighted by Crippen LogP contribution is -2.47. The zero-order valence-corrected chi connectivity index (χ0v) is 21.1. The van der Waals surface area contributed by atoms with E-state index in [1.54, 1.807) is 19.9 Å². The number of carbonyl (C=O) groups excluding carboxylic acids is 2. The van der Waals surface area contributed by atoms with Gasteiger partial charge in [-0.2, -0.15) is 26.3 Å². The van der Waals surface area contributed by atoms with Crippen LogP contribution in [0.1, 0.15) is 54.7 Å². The summed E-state index contributed by atoms with van der Waals surface area (Å²) in [5.41, 5.74) is -0.227. The molecule has 2 amide bonds. The topological polar surface area (TPSA) is 102 Å². The predicted molar refractivity (Wildman–Crippen MR) is 126 cm³/mol. The number of carbonyl (C=O) groups is 2. The van der Waals surface area contributed by atoms with E-state index >= 15 is 0 Å². The largest absolute Gasteiger partial charge is 0.475 e. The van der Waals surface area contributed by atoms with Crippen LogP contribution in [-0.4, -0.2) is 42.8 Å². The van der Waals surface area contributed by atoms with Crippen molar-refractivity contribution in [1.29, 1.82) is 0 Å². The van der Waals surface area contributed by atoms with Gasteiger partial charge in [0.1, 0.15) is 19.4 Å². The number of hydrogen-bond donors (Lipinski definition) is 3. The van der Waals surface area contributed by atoms with Crippen LogP contribution < -0.4 is 20.7 Å². The molecule has 1 saturated heterocycles. The lowest BCUT2D eigenvalue weighted by atomic mass is 9.96. The number of ether oxygens (including phenoxy) is 2. The van der Waals surface area contributed by atoms with E-state index in [0.717, 1.165) is 6.07 Å². The summed E-state index contributed by atoms with van der Waals surface area (Å²) in [6.07, 6.45) is -9.03. The third-order valence-corrected chi connectivity index (χ3v) is 5.69. The molecule has 1 fully saturated rings. The van der Waals surface area contributed by atoms with Gasteiger partial charge >= 0.3 is 12.4 Å². The number of nitrogens with one attached hydrogen (secondary N) is 3. The van der Waals surface area contributed by atoms with Crippen LogP contribution in [-0.2, 0) is 27.0 Å². The summed E-state index contributed by atoms with van der Waals surface area (Å²) in [5.74, 6) is -0.944. The van der Waals surface area contributed by atoms with E-state index in [1.807, 2.05) is 0 Å². The smallest absolute Gasteiger partial charge is 0.416 e. The standard InChI is InChI=1S/C25H28F6N4O4/c1-14(2)23(37)33-11-15-3-5-18(25(29,30)31)17(9-15)22-34-19(10-20(36)35-22)16-4-6-21(32-12-16)39-8-7-38-13-24(26,27)28/h3-6,9,12,14,19,22,34H,7-8,10-11,13H2,1-2H3,(H,33,37)(H,35,36). The molecule has 1 aromatic heterocycles. The van der Waals surface area contributed by atoms with Gasteiger partial charge in [0, 0.05) is 42.8 Å². The summed E-state index contributed by atoms with van der Waals surface area (Å²) < 4.78 is 87.5. The molecule has 0 radical (unpaired) electrons. The van der Waals surface area contributed by atoms with Crippen molar-refractivity contribution in [1.82, 2.24) is 20.9 Å². The molecule has 0 saturated carbocycles. The summed E-state index contributed by atoms with van der Waals surface area (Å²) in [6, 6.07) is 5.77. The number of hydrogen-bond acceptors (Lipinski definition) is 6. The van der Waals surface area contributed by atoms with Gasteiger partial charge in [0.15, 0.2) is 0 Å². The molecule has 0 aliphatic carbocycles. The van der Waals surface area contributed by atoms with Crippen LogP contribution in [0, 0.1) is 5.92 Å². The Bertz CT molecular complexity index is 1140. The lowest BCUT2D eigenvalue weighted by molar-refractivity contribution is -0.175. The molecule has 8 nitrogen and oxygen atoms in total. The molecule has 3 rings (SSSR count). The van der Waals surface area contributed by atoms with Crippen LogP contribution in [0.5, 0.6) is 5.88 Å². The maximum absolute atomic E-state index is 13.8. The minimum absolute atomic E-state index is 0.0128. The summed E-state index contributed by atoms with van der Waals surface area (Å²) in [7, 11) is 0. The molecule has 1 aliphatic heterocycles. The van der Waals surface area contributed by atoms with Gasteiger partial charge in [-0.05, 0) is 23.3 Å². The van der Waals surface area contributed by atoms with E-state index < -0.39 is 42.6 Å². The second kappa shape index (κ2) is 12.6. The number of rotatable bonds is 10. The van der Waals surface area contributed by atoms with Crippen molar-refractivity contribution in [3.63, 3.8) is 0 Å². The molecule has 3 N–H and O–H groups in total. The number of pyridine rings is 1. The highest BCUT2D eigenvalue weighted by Gasteiger charge is 2.38. The average molecular weight is 563 g/mol. The summed E-state index contributed by atoms with van der Waals surface area (Å²) in [4.78, 5) is 28.4. The second-order valence-corrected chi connectivity index (χ2v) is 9.16. The van der Waals surface area contributed by atoms with Crippen molar-refractivity contribution >= 4 is 11.8 Å². The van der Waals surface area contributed by atoms with Crippen molar-refractivity contribution < 1.29 is 45.4 Å². The number of halogens is 6. The van der Waals surface area contributed by atoms with E-state index in [1.165, 1.54) is 24.4 Å². The monoisotopic (exact) mass is 562 g/mol. The third kappa shape index (κ3) is 9.10. The molecule has 1 aliphatic rings. The Kier molecular flexibility index (Phi) is 9.78. The zero-order valence-electron chi connectivity index (χ0n) is 21.1. The van der Waals surface area contributed by atoms with Gasteiger partial charge in [-0.3, -0.25) is 14.9 Å². The molecule has 14 heteroatoms. The summed E-state index contributed by atoms with van der Waals surface area (Å²) >= 11 is 0. The number of nitrogens with zero attached hydrogens (tertiary/aromatic N) is 1. The van der Waals surface area contributed by atoms with E-state index in [2.05, 4.69) is 25.7 Å². The van der Waals surface area contributed by atoms with Crippen LogP contribution >= 0.6 is 0 Å². The van der Waals surface area contributed by atoms with Gasteiger partial charge < -0.3 is 20.1 Å². The van der Waals surface area contributed by atoms with E-state index in [9.17, 15) is 35.9 Å². The third-order valence-electron chi connectivity index (χ3n) is 5.69. The van der Waals surface area contributed by atoms with Crippen LogP contribution in [0.15, 0.2) is 36.5 Å². The number of aromatic nitrogens is 1. The first-order valence-electron chi connectivity index (χ1n) is 12.0. The minimum atomic E-state index is -4.70. The first-order chi connectivity index (χ1) is 18.2. The molecule has 2 unspecified atom stereocenters. The molecule has 214 valence electrons. The normalized spacial score (nSPS) is 18.1. The van der Waals surface area contributed by atoms with Crippen molar-refractivity contribution in [3.8, 4) is 5.88 Å². The van der Waals surface area contributed by atoms with Crippen molar-refractivity contribution in [3.05, 3.63) is 58.8 Å². The van der Waals surface area contributed by atoms with Gasteiger partial charge in [0.2, 0.25) is 17.7 Å². The zero-order chi connectivity index (χ0) is 28.8. The van der Waals surface area contributed by atoms with Gasteiger partial charge in [0.05, 0.1) is 12.2 Å². The molecule has 2 heterocycles. The quantitative estimate of drug-likeness (QED) is 0.297. The maximum Gasteiger partial charge on any atom is 0.416 e. The fraction of sp³-hybridized carbons (Fsp3) is 0.480. The molecule has 2 atom stereocenters. The number of benzene rings is 1. The molecular weight excluding hydrogens is 534 g/mol. The minimum Gasteiger partial charge on any atom is -0.475 e. The van der Waals surface area contributed by atoms with Gasteiger partial charge in [-0.1, -0.05) is 26.0 Å². The lowest BCUT2D eigenvalue weighted by Gasteiger charge is -2.33. The van der Waals surface area contributed by atoms with Gasteiger partial charge in [-0.15, -0.1) is 0 Å². The van der Waals surface area contributed by atoms with Crippen molar-refractivity contribution in [2.75, 3.05) is 19.8 Å². The second-order valence-electron chi connectivity index (χ2n) is 9.16. The highest BCUT2D eigenvalue weighted by molar-refractivity contribution is 5.78. The molecule has 0 bridgehead atoms. The Labute approximate surface area is 220 Å². The molecular formula is C25H28F6N4O4. The first-order valence-corrected chi connectivity index (χ1v) is 12.0. The van der Waals surface area contributed by atoms with E-state index in [0.29, 0.717) is 11.1 Å². The Hall–Kier alpha value is -3.39. The Morgan fingerprint density at radius 3 is 2.49 bits per heavy atom.